The highest BCUT2D eigenvalue weighted by atomic mass is 16.1. The van der Waals surface area contributed by atoms with E-state index in [4.69, 9.17) is 11.5 Å². The molecule has 5 heteroatoms. The Morgan fingerprint density at radius 2 is 2.44 bits per heavy atom. The van der Waals surface area contributed by atoms with Crippen LogP contribution in [-0.2, 0) is 0 Å². The van der Waals surface area contributed by atoms with Gasteiger partial charge in [-0.3, -0.25) is 4.79 Å². The molecule has 4 N–H and O–H groups in total. The van der Waals surface area contributed by atoms with Crippen molar-refractivity contribution < 1.29 is 4.79 Å². The Kier molecular flexibility index (Phi) is 3.05. The van der Waals surface area contributed by atoms with Gasteiger partial charge in [0.25, 0.3) is 5.91 Å². The van der Waals surface area contributed by atoms with Gasteiger partial charge < -0.3 is 16.4 Å². The highest BCUT2D eigenvalue weighted by Gasteiger charge is 2.27. The summed E-state index contributed by atoms with van der Waals surface area (Å²) in [7, 11) is 0. The standard InChI is InChI=1S/C11H16N4O/c12-7-8-3-2-6-15(8)11-9(10(13)16)4-1-5-14-11/h1,4-5,8H,2-3,6-7,12H2,(H2,13,16). The van der Waals surface area contributed by atoms with Crippen LogP contribution in [0.4, 0.5) is 5.82 Å². The number of rotatable bonds is 3. The number of amides is 1. The molecule has 1 saturated heterocycles. The first-order valence-corrected chi connectivity index (χ1v) is 5.45. The van der Waals surface area contributed by atoms with Crippen LogP contribution in [-0.4, -0.2) is 30.0 Å². The van der Waals surface area contributed by atoms with Crippen LogP contribution in [0.3, 0.4) is 0 Å². The molecule has 1 aromatic heterocycles. The molecule has 1 aliphatic heterocycles. The molecule has 86 valence electrons. The van der Waals surface area contributed by atoms with Crippen LogP contribution in [0.25, 0.3) is 0 Å². The predicted molar refractivity (Wildman–Crippen MR) is 62.2 cm³/mol. The van der Waals surface area contributed by atoms with Crippen molar-refractivity contribution in [1.82, 2.24) is 4.98 Å². The van der Waals surface area contributed by atoms with Crippen LogP contribution in [0.5, 0.6) is 0 Å². The number of pyridine rings is 1. The van der Waals surface area contributed by atoms with E-state index in [1.807, 2.05) is 0 Å². The lowest BCUT2D eigenvalue weighted by Gasteiger charge is -2.25. The van der Waals surface area contributed by atoms with Crippen molar-refractivity contribution in [3.8, 4) is 0 Å². The Morgan fingerprint density at radius 1 is 1.62 bits per heavy atom. The Balaban J connectivity index is 2.35. The first-order chi connectivity index (χ1) is 7.74. The zero-order valence-corrected chi connectivity index (χ0v) is 9.10. The first kappa shape index (κ1) is 10.9. The highest BCUT2D eigenvalue weighted by Crippen LogP contribution is 2.25. The SMILES string of the molecule is NCC1CCCN1c1ncccc1C(N)=O. The molecule has 0 radical (unpaired) electrons. The average molecular weight is 220 g/mol. The summed E-state index contributed by atoms with van der Waals surface area (Å²) in [4.78, 5) is 17.6. The molecule has 1 atom stereocenters. The van der Waals surface area contributed by atoms with Crippen molar-refractivity contribution in [3.05, 3.63) is 23.9 Å². The van der Waals surface area contributed by atoms with Gasteiger partial charge in [0.1, 0.15) is 5.82 Å². The van der Waals surface area contributed by atoms with Gasteiger partial charge in [-0.05, 0) is 25.0 Å². The molecule has 2 heterocycles. The van der Waals surface area contributed by atoms with Gasteiger partial charge in [-0.2, -0.15) is 0 Å². The van der Waals surface area contributed by atoms with Gasteiger partial charge in [0.2, 0.25) is 0 Å². The van der Waals surface area contributed by atoms with Crippen LogP contribution < -0.4 is 16.4 Å². The summed E-state index contributed by atoms with van der Waals surface area (Å²) in [5.74, 6) is 0.230. The summed E-state index contributed by atoms with van der Waals surface area (Å²) in [6.45, 7) is 1.47. The molecular formula is C11H16N4O. The third-order valence-corrected chi connectivity index (χ3v) is 2.97. The number of nitrogens with two attached hydrogens (primary N) is 2. The van der Waals surface area contributed by atoms with Crippen molar-refractivity contribution in [3.63, 3.8) is 0 Å². The Hall–Kier alpha value is -1.62. The normalized spacial score (nSPS) is 20.1. The lowest BCUT2D eigenvalue weighted by atomic mass is 10.2. The summed E-state index contributed by atoms with van der Waals surface area (Å²) < 4.78 is 0. The van der Waals surface area contributed by atoms with E-state index >= 15 is 0 Å². The van der Waals surface area contributed by atoms with Crippen LogP contribution in [0.2, 0.25) is 0 Å². The number of nitrogens with zero attached hydrogens (tertiary/aromatic N) is 2. The minimum Gasteiger partial charge on any atom is -0.365 e. The maximum atomic E-state index is 11.3. The number of carbonyl (C=O) groups is 1. The van der Waals surface area contributed by atoms with E-state index in [9.17, 15) is 4.79 Å². The van der Waals surface area contributed by atoms with Crippen molar-refractivity contribution in [2.75, 3.05) is 18.0 Å². The molecule has 1 fully saturated rings. The molecule has 16 heavy (non-hydrogen) atoms. The number of hydrogen-bond donors (Lipinski definition) is 2. The Morgan fingerprint density at radius 3 is 3.12 bits per heavy atom. The molecule has 0 bridgehead atoms. The molecule has 0 aromatic carbocycles. The zero-order valence-electron chi connectivity index (χ0n) is 9.10. The minimum atomic E-state index is -0.439. The number of hydrogen-bond acceptors (Lipinski definition) is 4. The second kappa shape index (κ2) is 4.49. The van der Waals surface area contributed by atoms with Crippen LogP contribution in [0.1, 0.15) is 23.2 Å². The second-order valence-electron chi connectivity index (χ2n) is 3.96. The molecule has 0 aliphatic carbocycles. The molecular weight excluding hydrogens is 204 g/mol. The minimum absolute atomic E-state index is 0.271. The van der Waals surface area contributed by atoms with Crippen molar-refractivity contribution in [2.24, 2.45) is 11.5 Å². The largest absolute Gasteiger partial charge is 0.365 e. The van der Waals surface area contributed by atoms with E-state index in [1.165, 1.54) is 0 Å². The van der Waals surface area contributed by atoms with E-state index in [-0.39, 0.29) is 6.04 Å². The summed E-state index contributed by atoms with van der Waals surface area (Å²) >= 11 is 0. The molecule has 0 spiro atoms. The molecule has 2 rings (SSSR count). The third kappa shape index (κ3) is 1.86. The number of primary amides is 1. The maximum Gasteiger partial charge on any atom is 0.252 e. The Bertz CT molecular complexity index is 393. The number of carbonyl (C=O) groups excluding carboxylic acids is 1. The molecule has 1 unspecified atom stereocenters. The van der Waals surface area contributed by atoms with Gasteiger partial charge in [-0.25, -0.2) is 4.98 Å². The topological polar surface area (TPSA) is 85.2 Å². The third-order valence-electron chi connectivity index (χ3n) is 2.97. The molecule has 1 aromatic rings. The van der Waals surface area contributed by atoms with E-state index < -0.39 is 5.91 Å². The lowest BCUT2D eigenvalue weighted by Crippen LogP contribution is -2.37. The Labute approximate surface area is 94.4 Å². The van der Waals surface area contributed by atoms with Crippen molar-refractivity contribution >= 4 is 11.7 Å². The summed E-state index contributed by atoms with van der Waals surface area (Å²) in [6.07, 6.45) is 3.80. The summed E-state index contributed by atoms with van der Waals surface area (Å²) in [5, 5.41) is 0. The molecule has 1 aliphatic rings. The van der Waals surface area contributed by atoms with Gasteiger partial charge in [0.15, 0.2) is 0 Å². The number of aromatic nitrogens is 1. The molecule has 5 nitrogen and oxygen atoms in total. The zero-order chi connectivity index (χ0) is 11.5. The maximum absolute atomic E-state index is 11.3. The second-order valence-corrected chi connectivity index (χ2v) is 3.96. The van der Waals surface area contributed by atoms with E-state index in [0.29, 0.717) is 17.9 Å². The summed E-state index contributed by atoms with van der Waals surface area (Å²) in [6, 6.07) is 3.70. The van der Waals surface area contributed by atoms with Gasteiger partial charge in [0.05, 0.1) is 5.56 Å². The van der Waals surface area contributed by atoms with Crippen LogP contribution in [0, 0.1) is 0 Å². The van der Waals surface area contributed by atoms with Crippen LogP contribution >= 0.6 is 0 Å². The van der Waals surface area contributed by atoms with Crippen molar-refractivity contribution in [2.45, 2.75) is 18.9 Å². The monoisotopic (exact) mass is 220 g/mol. The highest BCUT2D eigenvalue weighted by molar-refractivity contribution is 5.97. The van der Waals surface area contributed by atoms with E-state index in [0.717, 1.165) is 19.4 Å². The fourth-order valence-electron chi connectivity index (χ4n) is 2.18. The molecule has 1 amide bonds. The first-order valence-electron chi connectivity index (χ1n) is 5.45. The van der Waals surface area contributed by atoms with Gasteiger partial charge in [0, 0.05) is 25.3 Å². The lowest BCUT2D eigenvalue weighted by molar-refractivity contribution is 0.100. The fourth-order valence-corrected chi connectivity index (χ4v) is 2.18. The quantitative estimate of drug-likeness (QED) is 0.757. The smallest absolute Gasteiger partial charge is 0.252 e. The number of anilines is 1. The average Bonchev–Trinajstić information content (AvgIpc) is 2.76. The van der Waals surface area contributed by atoms with Crippen molar-refractivity contribution in [1.29, 1.82) is 0 Å². The van der Waals surface area contributed by atoms with Gasteiger partial charge in [-0.15, -0.1) is 0 Å². The summed E-state index contributed by atoms with van der Waals surface area (Å²) in [5.41, 5.74) is 11.5. The van der Waals surface area contributed by atoms with Gasteiger partial charge in [-0.1, -0.05) is 0 Å². The molecule has 0 saturated carbocycles. The fraction of sp³-hybridized carbons (Fsp3) is 0.455. The van der Waals surface area contributed by atoms with E-state index in [2.05, 4.69) is 9.88 Å². The van der Waals surface area contributed by atoms with E-state index in [1.54, 1.807) is 18.3 Å². The van der Waals surface area contributed by atoms with Gasteiger partial charge >= 0.3 is 0 Å². The predicted octanol–water partition coefficient (Wildman–Crippen LogP) is 0.108. The van der Waals surface area contributed by atoms with Crippen LogP contribution in [0.15, 0.2) is 18.3 Å².